The molecule has 354 valence electrons. The van der Waals surface area contributed by atoms with E-state index in [1.54, 1.807) is 26.3 Å². The predicted molar refractivity (Wildman–Crippen MR) is 235 cm³/mol. The molecule has 4 atom stereocenters. The second kappa shape index (κ2) is 28.6. The highest BCUT2D eigenvalue weighted by molar-refractivity contribution is 7.12. The highest BCUT2D eigenvalue weighted by atomic mass is 32.1. The second-order valence-corrected chi connectivity index (χ2v) is 16.9. The topological polar surface area (TPSA) is 143 Å². The molecule has 0 aliphatic heterocycles. The van der Waals surface area contributed by atoms with Crippen LogP contribution < -0.4 is 10.6 Å². The summed E-state index contributed by atoms with van der Waals surface area (Å²) in [6, 6.07) is 9.32. The number of fused-ring (bicyclic) bond motifs is 2. The van der Waals surface area contributed by atoms with Crippen LogP contribution >= 0.6 is 22.7 Å². The van der Waals surface area contributed by atoms with Gasteiger partial charge in [0.15, 0.2) is 28.3 Å². The number of aromatic nitrogens is 2. The monoisotopic (exact) mass is 946 g/mol. The van der Waals surface area contributed by atoms with Crippen molar-refractivity contribution in [2.75, 3.05) is 0 Å². The molecule has 2 aromatic carbocycles. The quantitative estimate of drug-likeness (QED) is 0.0884. The van der Waals surface area contributed by atoms with Crippen LogP contribution in [0.2, 0.25) is 0 Å². The molecule has 0 saturated heterocycles. The highest BCUT2D eigenvalue weighted by Gasteiger charge is 2.39. The molecular weight excluding hydrogens is 890 g/mol. The zero-order valence-corrected chi connectivity index (χ0v) is 38.6. The Morgan fingerprint density at radius 3 is 1.36 bits per heavy atom. The molecule has 4 N–H and O–H groups in total. The number of thiazole rings is 2. The molecule has 6 rings (SSSR count). The van der Waals surface area contributed by atoms with Gasteiger partial charge in [-0.15, -0.1) is 48.4 Å². The highest BCUT2D eigenvalue weighted by Crippen LogP contribution is 2.42. The number of alkyl halides is 3. The standard InChI is InChI=1S/C14H19F3N2O3S.C13H20N2O3S.2C6H4F2.C2H6.2C2H2/c1-13(2,3)22-12(21)18-7-5-4-6-8(20)9-10(7)23-11(19-9)14(15,16)17;1-13(2,3)18-12(17)15-8-5-4-6-9(16)10-11(8)19-7-14-10;2*7-5-3-1-2-4-6(5)8;3*1-2/h7-8,20H,4-6H2,1-3H3,(H,18,21);7-9,16H,4-6H2,1-3H3,(H,15,17);2*1-4H;1-2H3;2*1-2H/t7-,8+;8-,9+;;;;;/m00...../s1. The van der Waals surface area contributed by atoms with E-state index in [0.29, 0.717) is 42.7 Å². The lowest BCUT2D eigenvalue weighted by Crippen LogP contribution is -2.34. The molecule has 2 aliphatic carbocycles. The van der Waals surface area contributed by atoms with E-state index < -0.39 is 76.1 Å². The minimum atomic E-state index is -4.58. The number of hydrogen-bond donors (Lipinski definition) is 4. The van der Waals surface area contributed by atoms with Gasteiger partial charge in [-0.3, -0.25) is 0 Å². The van der Waals surface area contributed by atoms with E-state index in [4.69, 9.17) is 9.47 Å². The van der Waals surface area contributed by atoms with Crippen molar-refractivity contribution < 1.29 is 60.0 Å². The summed E-state index contributed by atoms with van der Waals surface area (Å²) < 4.78 is 96.8. The number of carbonyl (C=O) groups excluding carboxylic acids is 2. The zero-order chi connectivity index (χ0) is 49.4. The summed E-state index contributed by atoms with van der Waals surface area (Å²) in [5.74, 6) is -3.19. The number of nitrogens with one attached hydrogen (secondary N) is 2. The summed E-state index contributed by atoms with van der Waals surface area (Å²) in [5, 5.41) is 24.4. The lowest BCUT2D eigenvalue weighted by molar-refractivity contribution is -0.137. The van der Waals surface area contributed by atoms with Crippen LogP contribution in [-0.4, -0.2) is 43.6 Å². The zero-order valence-electron chi connectivity index (χ0n) is 36.9. The van der Waals surface area contributed by atoms with Gasteiger partial charge in [-0.1, -0.05) is 38.1 Å². The van der Waals surface area contributed by atoms with Crippen LogP contribution in [0.15, 0.2) is 54.0 Å². The normalized spacial score (nSPS) is 17.4. The third kappa shape index (κ3) is 21.4. The number of benzene rings is 2. The first-order valence-electron chi connectivity index (χ1n) is 19.8. The third-order valence-corrected chi connectivity index (χ3v) is 9.97. The van der Waals surface area contributed by atoms with Crippen molar-refractivity contribution in [1.82, 2.24) is 20.6 Å². The molecule has 2 aromatic heterocycles. The summed E-state index contributed by atoms with van der Waals surface area (Å²) in [7, 11) is 0. The Morgan fingerprint density at radius 2 is 1.02 bits per heavy atom. The number of amides is 2. The minimum Gasteiger partial charge on any atom is -0.444 e. The van der Waals surface area contributed by atoms with Gasteiger partial charge in [-0.25, -0.2) is 37.1 Å². The summed E-state index contributed by atoms with van der Waals surface area (Å²) in [6.45, 7) is 14.6. The number of hydrogen-bond acceptors (Lipinski definition) is 10. The number of halogens is 7. The van der Waals surface area contributed by atoms with E-state index in [9.17, 15) is 50.5 Å². The largest absolute Gasteiger partial charge is 0.444 e. The van der Waals surface area contributed by atoms with Gasteiger partial charge in [0.1, 0.15) is 11.2 Å². The van der Waals surface area contributed by atoms with Gasteiger partial charge in [0.2, 0.25) is 0 Å². The van der Waals surface area contributed by atoms with Crippen molar-refractivity contribution >= 4 is 34.9 Å². The van der Waals surface area contributed by atoms with Crippen LogP contribution in [0.3, 0.4) is 0 Å². The molecule has 0 bridgehead atoms. The van der Waals surface area contributed by atoms with Crippen molar-refractivity contribution in [3.8, 4) is 25.7 Å². The van der Waals surface area contributed by atoms with Crippen molar-refractivity contribution in [2.24, 2.45) is 0 Å². The second-order valence-electron chi connectivity index (χ2n) is 15.0. The number of nitrogens with zero attached hydrogens (tertiary/aromatic N) is 2. The molecule has 10 nitrogen and oxygen atoms in total. The SMILES string of the molecule is C#C.C#C.CC.CC(C)(C)OC(=O)N[C@H]1CCC[C@@H](O)c2nc(C(F)(F)F)sc21.CC(C)(C)OC(=O)N[C@H]1CCC[C@@H](O)c2ncsc21.Fc1ccccc1F.Fc1ccccc1F. The molecule has 2 heterocycles. The van der Waals surface area contributed by atoms with Crippen molar-refractivity contribution in [2.45, 2.75) is 136 Å². The fraction of sp³-hybridized carbons (Fsp3) is 0.467. The number of carbonyl (C=O) groups is 2. The van der Waals surface area contributed by atoms with E-state index in [2.05, 4.69) is 46.3 Å². The van der Waals surface area contributed by atoms with E-state index in [1.807, 2.05) is 34.6 Å². The van der Waals surface area contributed by atoms with Gasteiger partial charge >= 0.3 is 18.4 Å². The van der Waals surface area contributed by atoms with E-state index >= 15 is 0 Å². The van der Waals surface area contributed by atoms with Crippen LogP contribution in [0.4, 0.5) is 40.3 Å². The number of alkyl carbamates (subject to hydrolysis) is 2. The van der Waals surface area contributed by atoms with Gasteiger partial charge in [0.05, 0.1) is 50.9 Å². The summed E-state index contributed by atoms with van der Waals surface area (Å²) in [6.07, 6.45) is 12.3. The van der Waals surface area contributed by atoms with Crippen LogP contribution in [0, 0.1) is 49.0 Å². The van der Waals surface area contributed by atoms with Crippen molar-refractivity contribution in [3.05, 3.63) is 103 Å². The van der Waals surface area contributed by atoms with Crippen LogP contribution in [0.25, 0.3) is 0 Å². The molecule has 4 aromatic rings. The molecule has 0 spiro atoms. The number of aliphatic hydroxyl groups excluding tert-OH is 2. The fourth-order valence-electron chi connectivity index (χ4n) is 5.35. The van der Waals surface area contributed by atoms with Crippen LogP contribution in [0.1, 0.15) is 144 Å². The maximum absolute atomic E-state index is 12.9. The van der Waals surface area contributed by atoms with E-state index in [1.165, 1.54) is 35.6 Å². The van der Waals surface area contributed by atoms with E-state index in [0.717, 1.165) is 42.0 Å². The molecule has 64 heavy (non-hydrogen) atoms. The average molecular weight is 947 g/mol. The maximum atomic E-state index is 12.9. The minimum absolute atomic E-state index is 0.000818. The smallest absolute Gasteiger partial charge is 0.443 e. The number of aliphatic hydroxyl groups is 2. The molecule has 0 unspecified atom stereocenters. The van der Waals surface area contributed by atoms with Crippen molar-refractivity contribution in [3.63, 3.8) is 0 Å². The Labute approximate surface area is 379 Å². The average Bonchev–Trinajstić information content (AvgIpc) is 3.85. The molecule has 0 saturated carbocycles. The Kier molecular flexibility index (Phi) is 26.2. The van der Waals surface area contributed by atoms with Crippen molar-refractivity contribution in [1.29, 1.82) is 0 Å². The Bertz CT molecular complexity index is 1940. The predicted octanol–water partition coefficient (Wildman–Crippen LogP) is 12.3. The number of ether oxygens (including phenoxy) is 2. The summed E-state index contributed by atoms with van der Waals surface area (Å²) >= 11 is 1.93. The molecule has 0 radical (unpaired) electrons. The third-order valence-electron chi connectivity index (χ3n) is 7.78. The molecule has 19 heteroatoms. The van der Waals surface area contributed by atoms with Gasteiger partial charge in [0.25, 0.3) is 0 Å². The lowest BCUT2D eigenvalue weighted by Gasteiger charge is -2.23. The first-order valence-corrected chi connectivity index (χ1v) is 21.5. The first-order chi connectivity index (χ1) is 29.9. The Morgan fingerprint density at radius 1 is 0.656 bits per heavy atom. The number of rotatable bonds is 2. The lowest BCUT2D eigenvalue weighted by atomic mass is 10.1. The Balaban J connectivity index is 0.000000859. The summed E-state index contributed by atoms with van der Waals surface area (Å²) in [5.41, 5.74) is 1.19. The van der Waals surface area contributed by atoms with Gasteiger partial charge in [-0.05, 0) is 104 Å². The van der Waals surface area contributed by atoms with E-state index in [-0.39, 0.29) is 16.6 Å². The van der Waals surface area contributed by atoms with Crippen LogP contribution in [0.5, 0.6) is 0 Å². The van der Waals surface area contributed by atoms with Crippen LogP contribution in [-0.2, 0) is 15.7 Å². The maximum Gasteiger partial charge on any atom is 0.443 e. The van der Waals surface area contributed by atoms with Gasteiger partial charge in [0, 0.05) is 0 Å². The van der Waals surface area contributed by atoms with Gasteiger partial charge in [-0.2, -0.15) is 13.2 Å². The molecule has 0 fully saturated rings. The fourth-order valence-corrected chi connectivity index (χ4v) is 7.35. The Hall–Kier alpha value is -5.21. The number of terminal acetylenes is 2. The first kappa shape index (κ1) is 58.8. The molecular formula is C45H57F7N4O6S2. The van der Waals surface area contributed by atoms with Gasteiger partial charge < -0.3 is 30.3 Å². The molecule has 2 aliphatic rings. The molecule has 2 amide bonds. The summed E-state index contributed by atoms with van der Waals surface area (Å²) in [4.78, 5) is 32.7.